The van der Waals surface area contributed by atoms with Crippen LogP contribution in [-0.4, -0.2) is 19.1 Å². The Kier molecular flexibility index (Phi) is 6.24. The molecule has 1 atom stereocenters. The van der Waals surface area contributed by atoms with Crippen molar-refractivity contribution in [1.82, 2.24) is 0 Å². The van der Waals surface area contributed by atoms with Gasteiger partial charge in [0.25, 0.3) is 5.91 Å². The van der Waals surface area contributed by atoms with E-state index in [0.29, 0.717) is 23.8 Å². The van der Waals surface area contributed by atoms with Gasteiger partial charge in [-0.2, -0.15) is 0 Å². The van der Waals surface area contributed by atoms with Gasteiger partial charge in [-0.25, -0.2) is 0 Å². The van der Waals surface area contributed by atoms with Crippen LogP contribution in [-0.2, 0) is 4.79 Å². The van der Waals surface area contributed by atoms with Gasteiger partial charge in [0.1, 0.15) is 11.5 Å². The lowest BCUT2D eigenvalue weighted by atomic mass is 10.0. The van der Waals surface area contributed by atoms with Gasteiger partial charge in [0.15, 0.2) is 6.10 Å². The Morgan fingerprint density at radius 1 is 1.08 bits per heavy atom. The second kappa shape index (κ2) is 8.39. The molecule has 24 heavy (non-hydrogen) atoms. The number of carbonyl (C=O) groups excluding carboxylic acids is 1. The lowest BCUT2D eigenvalue weighted by Gasteiger charge is -2.18. The number of hydrogen-bond acceptors (Lipinski definition) is 3. The van der Waals surface area contributed by atoms with E-state index >= 15 is 0 Å². The van der Waals surface area contributed by atoms with Crippen molar-refractivity contribution in [2.24, 2.45) is 0 Å². The molecule has 128 valence electrons. The van der Waals surface area contributed by atoms with Gasteiger partial charge >= 0.3 is 0 Å². The van der Waals surface area contributed by atoms with Crippen molar-refractivity contribution in [3.05, 3.63) is 54.1 Å². The van der Waals surface area contributed by atoms with E-state index in [2.05, 4.69) is 19.2 Å². The fraction of sp³-hybridized carbons (Fsp3) is 0.350. The third-order valence-corrected chi connectivity index (χ3v) is 3.83. The van der Waals surface area contributed by atoms with Crippen LogP contribution in [0.15, 0.2) is 48.5 Å². The molecule has 0 saturated carbocycles. The summed E-state index contributed by atoms with van der Waals surface area (Å²) >= 11 is 0. The molecule has 4 nitrogen and oxygen atoms in total. The molecule has 2 rings (SSSR count). The highest BCUT2D eigenvalue weighted by molar-refractivity contribution is 5.94. The maximum Gasteiger partial charge on any atom is 0.265 e. The van der Waals surface area contributed by atoms with E-state index < -0.39 is 6.10 Å². The molecule has 4 heteroatoms. The second-order valence-corrected chi connectivity index (χ2v) is 5.96. The third-order valence-electron chi connectivity index (χ3n) is 3.83. The van der Waals surface area contributed by atoms with Crippen molar-refractivity contribution >= 4 is 11.6 Å². The van der Waals surface area contributed by atoms with E-state index in [0.717, 1.165) is 5.69 Å². The third kappa shape index (κ3) is 4.75. The maximum absolute atomic E-state index is 12.5. The summed E-state index contributed by atoms with van der Waals surface area (Å²) in [5, 5.41) is 2.91. The largest absolute Gasteiger partial charge is 0.497 e. The Bertz CT molecular complexity index is 665. The fourth-order valence-electron chi connectivity index (χ4n) is 2.34. The normalized spacial score (nSPS) is 11.9. The Balaban J connectivity index is 2.02. The molecule has 2 aromatic carbocycles. The monoisotopic (exact) mass is 327 g/mol. The van der Waals surface area contributed by atoms with Crippen molar-refractivity contribution in [3.8, 4) is 11.5 Å². The Labute approximate surface area is 143 Å². The number of ether oxygens (including phenoxy) is 2. The van der Waals surface area contributed by atoms with Crippen LogP contribution in [0, 0.1) is 0 Å². The van der Waals surface area contributed by atoms with Crippen LogP contribution in [0.2, 0.25) is 0 Å². The Morgan fingerprint density at radius 3 is 2.33 bits per heavy atom. The second-order valence-electron chi connectivity index (χ2n) is 5.96. The number of benzene rings is 2. The van der Waals surface area contributed by atoms with Crippen LogP contribution < -0.4 is 14.8 Å². The maximum atomic E-state index is 12.5. The van der Waals surface area contributed by atoms with Gasteiger partial charge in [-0.1, -0.05) is 39.0 Å². The first kappa shape index (κ1) is 17.9. The highest BCUT2D eigenvalue weighted by atomic mass is 16.5. The number of carbonyl (C=O) groups is 1. The minimum absolute atomic E-state index is 0.155. The number of rotatable bonds is 7. The average molecular weight is 327 g/mol. The SMILES string of the molecule is CC[C@@H](Oc1cccc(OC)c1)C(=O)Nc1ccc(C(C)C)cc1. The van der Waals surface area contributed by atoms with Crippen molar-refractivity contribution in [3.63, 3.8) is 0 Å². The molecule has 0 aromatic heterocycles. The van der Waals surface area contributed by atoms with Gasteiger partial charge in [0, 0.05) is 11.8 Å². The summed E-state index contributed by atoms with van der Waals surface area (Å²) < 4.78 is 11.0. The number of nitrogens with one attached hydrogen (secondary N) is 1. The topological polar surface area (TPSA) is 47.6 Å². The van der Waals surface area contributed by atoms with E-state index in [1.54, 1.807) is 13.2 Å². The molecule has 0 heterocycles. The highest BCUT2D eigenvalue weighted by Gasteiger charge is 2.18. The van der Waals surface area contributed by atoms with E-state index in [4.69, 9.17) is 9.47 Å². The number of amides is 1. The first-order valence-corrected chi connectivity index (χ1v) is 8.25. The van der Waals surface area contributed by atoms with Crippen molar-refractivity contribution in [2.75, 3.05) is 12.4 Å². The lowest BCUT2D eigenvalue weighted by molar-refractivity contribution is -0.122. The fourth-order valence-corrected chi connectivity index (χ4v) is 2.34. The molecular formula is C20H25NO3. The van der Waals surface area contributed by atoms with Crippen molar-refractivity contribution < 1.29 is 14.3 Å². The lowest BCUT2D eigenvalue weighted by Crippen LogP contribution is -2.32. The predicted molar refractivity (Wildman–Crippen MR) is 96.9 cm³/mol. The summed E-state index contributed by atoms with van der Waals surface area (Å²) in [5.74, 6) is 1.63. The molecule has 0 bridgehead atoms. The van der Waals surface area contributed by atoms with Gasteiger partial charge < -0.3 is 14.8 Å². The van der Waals surface area contributed by atoms with Gasteiger partial charge in [-0.15, -0.1) is 0 Å². The summed E-state index contributed by atoms with van der Waals surface area (Å²) in [4.78, 5) is 12.5. The van der Waals surface area contributed by atoms with Gasteiger partial charge in [0.2, 0.25) is 0 Å². The molecule has 0 unspecified atom stereocenters. The zero-order valence-corrected chi connectivity index (χ0v) is 14.7. The molecule has 0 aliphatic heterocycles. The van der Waals surface area contributed by atoms with E-state index in [9.17, 15) is 4.79 Å². The summed E-state index contributed by atoms with van der Waals surface area (Å²) in [6.07, 6.45) is 0.0227. The number of hydrogen-bond donors (Lipinski definition) is 1. The van der Waals surface area contributed by atoms with Crippen LogP contribution in [0.5, 0.6) is 11.5 Å². The first-order chi connectivity index (χ1) is 11.5. The summed E-state index contributed by atoms with van der Waals surface area (Å²) in [5.41, 5.74) is 2.02. The van der Waals surface area contributed by atoms with Crippen LogP contribution in [0.4, 0.5) is 5.69 Å². The molecular weight excluding hydrogens is 302 g/mol. The quantitative estimate of drug-likeness (QED) is 0.807. The number of methoxy groups -OCH3 is 1. The summed E-state index contributed by atoms with van der Waals surface area (Å²) in [7, 11) is 1.60. The van der Waals surface area contributed by atoms with E-state index in [-0.39, 0.29) is 5.91 Å². The molecule has 0 aliphatic rings. The molecule has 1 N–H and O–H groups in total. The van der Waals surface area contributed by atoms with Crippen LogP contribution >= 0.6 is 0 Å². The van der Waals surface area contributed by atoms with Crippen molar-refractivity contribution in [2.45, 2.75) is 39.2 Å². The van der Waals surface area contributed by atoms with Gasteiger partial charge in [-0.05, 0) is 42.2 Å². The van der Waals surface area contributed by atoms with E-state index in [1.165, 1.54) is 5.56 Å². The zero-order chi connectivity index (χ0) is 17.5. The highest BCUT2D eigenvalue weighted by Crippen LogP contribution is 2.22. The van der Waals surface area contributed by atoms with Gasteiger partial charge in [0.05, 0.1) is 7.11 Å². The molecule has 0 radical (unpaired) electrons. The molecule has 0 spiro atoms. The molecule has 0 aliphatic carbocycles. The standard InChI is InChI=1S/C20H25NO3/c1-5-19(24-18-8-6-7-17(13-18)23-4)20(22)21-16-11-9-15(10-12-16)14(2)3/h6-14,19H,5H2,1-4H3,(H,21,22)/t19-/m1/s1. The molecule has 2 aromatic rings. The average Bonchev–Trinajstić information content (AvgIpc) is 2.60. The van der Waals surface area contributed by atoms with Crippen LogP contribution in [0.25, 0.3) is 0 Å². The minimum atomic E-state index is -0.554. The smallest absolute Gasteiger partial charge is 0.265 e. The summed E-state index contributed by atoms with van der Waals surface area (Å²) in [6.45, 7) is 6.21. The van der Waals surface area contributed by atoms with Crippen LogP contribution in [0.1, 0.15) is 38.7 Å². The summed E-state index contributed by atoms with van der Waals surface area (Å²) in [6, 6.07) is 15.2. The molecule has 0 saturated heterocycles. The number of anilines is 1. The predicted octanol–water partition coefficient (Wildman–Crippen LogP) is 4.61. The van der Waals surface area contributed by atoms with Gasteiger partial charge in [-0.3, -0.25) is 4.79 Å². The van der Waals surface area contributed by atoms with E-state index in [1.807, 2.05) is 49.4 Å². The molecule has 1 amide bonds. The first-order valence-electron chi connectivity index (χ1n) is 8.25. The Hall–Kier alpha value is -2.49. The molecule has 0 fully saturated rings. The Morgan fingerprint density at radius 2 is 1.75 bits per heavy atom. The zero-order valence-electron chi connectivity index (χ0n) is 14.7. The van der Waals surface area contributed by atoms with Crippen LogP contribution in [0.3, 0.4) is 0 Å². The minimum Gasteiger partial charge on any atom is -0.497 e. The van der Waals surface area contributed by atoms with Crippen molar-refractivity contribution in [1.29, 1.82) is 0 Å².